The van der Waals surface area contributed by atoms with Crippen LogP contribution in [0.2, 0.25) is 5.02 Å². The Bertz CT molecular complexity index is 317. The van der Waals surface area contributed by atoms with Gasteiger partial charge >= 0.3 is 0 Å². The van der Waals surface area contributed by atoms with E-state index >= 15 is 0 Å². The van der Waals surface area contributed by atoms with Crippen LogP contribution < -0.4 is 10.5 Å². The van der Waals surface area contributed by atoms with Crippen molar-refractivity contribution in [3.05, 3.63) is 28.8 Å². The van der Waals surface area contributed by atoms with E-state index in [0.717, 1.165) is 12.0 Å². The molecule has 0 heterocycles. The smallest absolute Gasteiger partial charge is 0.138 e. The van der Waals surface area contributed by atoms with Crippen molar-refractivity contribution < 1.29 is 9.13 Å². The molecule has 0 bridgehead atoms. The average molecular weight is 232 g/mol. The van der Waals surface area contributed by atoms with Gasteiger partial charge in [0.1, 0.15) is 19.0 Å². The minimum Gasteiger partial charge on any atom is -0.489 e. The predicted octanol–water partition coefficient (Wildman–Crippen LogP) is 2.58. The molecular weight excluding hydrogens is 217 g/mol. The standard InChI is InChI=1S/C11H15ClFNO/c1-8(14)6-9-2-3-11(10(12)7-9)15-5-4-13/h2-3,7-8H,4-6,14H2,1H3. The van der Waals surface area contributed by atoms with Gasteiger partial charge in [-0.2, -0.15) is 0 Å². The normalized spacial score (nSPS) is 12.5. The van der Waals surface area contributed by atoms with Crippen LogP contribution in [0.4, 0.5) is 4.39 Å². The summed E-state index contributed by atoms with van der Waals surface area (Å²) in [6.07, 6.45) is 0.767. The third kappa shape index (κ3) is 4.06. The van der Waals surface area contributed by atoms with Crippen LogP contribution in [-0.2, 0) is 6.42 Å². The zero-order valence-electron chi connectivity index (χ0n) is 8.67. The van der Waals surface area contributed by atoms with Gasteiger partial charge in [-0.05, 0) is 31.0 Å². The third-order valence-electron chi connectivity index (χ3n) is 1.89. The molecule has 0 fully saturated rings. The van der Waals surface area contributed by atoms with Gasteiger partial charge in [0.05, 0.1) is 5.02 Å². The Morgan fingerprint density at radius 2 is 2.27 bits per heavy atom. The van der Waals surface area contributed by atoms with E-state index in [1.54, 1.807) is 12.1 Å². The lowest BCUT2D eigenvalue weighted by Crippen LogP contribution is -2.17. The first-order valence-electron chi connectivity index (χ1n) is 4.86. The highest BCUT2D eigenvalue weighted by atomic mass is 35.5. The Morgan fingerprint density at radius 3 is 2.80 bits per heavy atom. The Morgan fingerprint density at radius 1 is 1.53 bits per heavy atom. The molecule has 15 heavy (non-hydrogen) atoms. The molecule has 1 aromatic carbocycles. The number of alkyl halides is 1. The maximum absolute atomic E-state index is 11.9. The Hall–Kier alpha value is -0.800. The van der Waals surface area contributed by atoms with Crippen LogP contribution >= 0.6 is 11.6 Å². The van der Waals surface area contributed by atoms with Gasteiger partial charge in [-0.15, -0.1) is 0 Å². The molecule has 0 aromatic heterocycles. The molecule has 2 N–H and O–H groups in total. The van der Waals surface area contributed by atoms with Crippen molar-refractivity contribution in [2.24, 2.45) is 5.73 Å². The number of hydrogen-bond acceptors (Lipinski definition) is 2. The van der Waals surface area contributed by atoms with Crippen LogP contribution in [0.1, 0.15) is 12.5 Å². The van der Waals surface area contributed by atoms with E-state index in [9.17, 15) is 4.39 Å². The number of hydrogen-bond donors (Lipinski definition) is 1. The zero-order chi connectivity index (χ0) is 11.3. The summed E-state index contributed by atoms with van der Waals surface area (Å²) >= 11 is 5.96. The lowest BCUT2D eigenvalue weighted by molar-refractivity contribution is 0.273. The number of halogens is 2. The second kappa shape index (κ2) is 5.93. The van der Waals surface area contributed by atoms with E-state index in [2.05, 4.69) is 0 Å². The first-order chi connectivity index (χ1) is 7.13. The molecule has 0 saturated carbocycles. The van der Waals surface area contributed by atoms with Crippen LogP contribution in [0.5, 0.6) is 5.75 Å². The van der Waals surface area contributed by atoms with Crippen LogP contribution in [-0.4, -0.2) is 19.3 Å². The minimum absolute atomic E-state index is 0.0341. The number of benzene rings is 1. The Labute approximate surface area is 94.2 Å². The quantitative estimate of drug-likeness (QED) is 0.846. The molecule has 1 atom stereocenters. The third-order valence-corrected chi connectivity index (χ3v) is 2.18. The van der Waals surface area contributed by atoms with E-state index in [0.29, 0.717) is 10.8 Å². The van der Waals surface area contributed by atoms with Gasteiger partial charge in [-0.3, -0.25) is 0 Å². The second-order valence-corrected chi connectivity index (χ2v) is 3.89. The summed E-state index contributed by atoms with van der Waals surface area (Å²) in [4.78, 5) is 0. The molecule has 0 aliphatic rings. The van der Waals surface area contributed by atoms with Gasteiger partial charge in [0.25, 0.3) is 0 Å². The van der Waals surface area contributed by atoms with Gasteiger partial charge in [-0.25, -0.2) is 4.39 Å². The Kier molecular flexibility index (Phi) is 4.85. The van der Waals surface area contributed by atoms with Gasteiger partial charge < -0.3 is 10.5 Å². The van der Waals surface area contributed by atoms with Crippen molar-refractivity contribution in [1.29, 1.82) is 0 Å². The molecule has 1 unspecified atom stereocenters. The van der Waals surface area contributed by atoms with Crippen molar-refractivity contribution in [1.82, 2.24) is 0 Å². The first kappa shape index (κ1) is 12.3. The van der Waals surface area contributed by atoms with Gasteiger partial charge in [0, 0.05) is 6.04 Å². The summed E-state index contributed by atoms with van der Waals surface area (Å²) in [6, 6.07) is 5.54. The molecule has 0 aliphatic heterocycles. The summed E-state index contributed by atoms with van der Waals surface area (Å²) in [5.74, 6) is 0.516. The topological polar surface area (TPSA) is 35.2 Å². The number of nitrogens with two attached hydrogens (primary N) is 1. The molecule has 0 spiro atoms. The van der Waals surface area contributed by atoms with Gasteiger partial charge in [-0.1, -0.05) is 17.7 Å². The van der Waals surface area contributed by atoms with E-state index in [1.165, 1.54) is 0 Å². The summed E-state index contributed by atoms with van der Waals surface area (Å²) < 4.78 is 17.0. The van der Waals surface area contributed by atoms with Crippen LogP contribution in [0.15, 0.2) is 18.2 Å². The molecule has 0 saturated heterocycles. The SMILES string of the molecule is CC(N)Cc1ccc(OCCF)c(Cl)c1. The lowest BCUT2D eigenvalue weighted by Gasteiger charge is -2.09. The highest BCUT2D eigenvalue weighted by Crippen LogP contribution is 2.25. The Balaban J connectivity index is 2.69. The van der Waals surface area contributed by atoms with E-state index < -0.39 is 6.67 Å². The lowest BCUT2D eigenvalue weighted by atomic mass is 10.1. The van der Waals surface area contributed by atoms with Crippen LogP contribution in [0, 0.1) is 0 Å². The highest BCUT2D eigenvalue weighted by molar-refractivity contribution is 6.32. The predicted molar refractivity (Wildman–Crippen MR) is 60.3 cm³/mol. The fraction of sp³-hybridized carbons (Fsp3) is 0.455. The first-order valence-corrected chi connectivity index (χ1v) is 5.24. The van der Waals surface area contributed by atoms with E-state index in [-0.39, 0.29) is 12.6 Å². The summed E-state index contributed by atoms with van der Waals surface area (Å²) in [6.45, 7) is 1.45. The number of ether oxygens (including phenoxy) is 1. The van der Waals surface area contributed by atoms with Crippen molar-refractivity contribution in [3.8, 4) is 5.75 Å². The maximum atomic E-state index is 11.9. The van der Waals surface area contributed by atoms with Crippen molar-refractivity contribution in [2.45, 2.75) is 19.4 Å². The highest BCUT2D eigenvalue weighted by Gasteiger charge is 2.04. The number of rotatable bonds is 5. The summed E-state index contributed by atoms with van der Waals surface area (Å²) in [7, 11) is 0. The van der Waals surface area contributed by atoms with Gasteiger partial charge in [0.2, 0.25) is 0 Å². The second-order valence-electron chi connectivity index (χ2n) is 3.48. The average Bonchev–Trinajstić information content (AvgIpc) is 2.15. The van der Waals surface area contributed by atoms with Crippen LogP contribution in [0.25, 0.3) is 0 Å². The molecule has 2 nitrogen and oxygen atoms in total. The fourth-order valence-electron chi connectivity index (χ4n) is 1.31. The maximum Gasteiger partial charge on any atom is 0.138 e. The van der Waals surface area contributed by atoms with E-state index in [1.807, 2.05) is 13.0 Å². The van der Waals surface area contributed by atoms with Crippen LogP contribution in [0.3, 0.4) is 0 Å². The largest absolute Gasteiger partial charge is 0.489 e. The molecule has 0 aliphatic carbocycles. The fourth-order valence-corrected chi connectivity index (χ4v) is 1.57. The van der Waals surface area contributed by atoms with Crippen molar-refractivity contribution in [3.63, 3.8) is 0 Å². The summed E-state index contributed by atoms with van der Waals surface area (Å²) in [5, 5.41) is 0.501. The molecule has 4 heteroatoms. The monoisotopic (exact) mass is 231 g/mol. The molecule has 0 radical (unpaired) electrons. The van der Waals surface area contributed by atoms with Gasteiger partial charge in [0.15, 0.2) is 0 Å². The molecule has 0 amide bonds. The molecule has 84 valence electrons. The molecule has 1 rings (SSSR count). The minimum atomic E-state index is -0.516. The zero-order valence-corrected chi connectivity index (χ0v) is 9.43. The van der Waals surface area contributed by atoms with E-state index in [4.69, 9.17) is 22.1 Å². The summed E-state index contributed by atoms with van der Waals surface area (Å²) in [5.41, 5.74) is 6.73. The van der Waals surface area contributed by atoms with Crippen molar-refractivity contribution in [2.75, 3.05) is 13.3 Å². The molecular formula is C11H15ClFNO. The van der Waals surface area contributed by atoms with Crippen molar-refractivity contribution >= 4 is 11.6 Å². The molecule has 1 aromatic rings.